The standard InChI is InChI=1S/C25H48N2O5/c1-5-17-10-8-11-19(7-3)24(30)27-15-9-12-18(6-2)20(14-13-17)32-25-23(29)21(26)22(28)16(4)31-25/h16-23,25,28-29H,5-15,26H2,1-4H3,(H,27,30)/t16-,17?,18?,19?,20?,21+,22+,23+,25-/m0/s1. The summed E-state index contributed by atoms with van der Waals surface area (Å²) in [7, 11) is 0. The third kappa shape index (κ3) is 7.66. The topological polar surface area (TPSA) is 114 Å². The van der Waals surface area contributed by atoms with Crippen molar-refractivity contribution in [2.75, 3.05) is 6.54 Å². The van der Waals surface area contributed by atoms with Crippen LogP contribution >= 0.6 is 0 Å². The predicted molar refractivity (Wildman–Crippen MR) is 126 cm³/mol. The normalized spacial score (nSPS) is 41.0. The summed E-state index contributed by atoms with van der Waals surface area (Å²) in [6.45, 7) is 8.96. The molecule has 0 spiro atoms. The molecule has 9 atom stereocenters. The van der Waals surface area contributed by atoms with Crippen molar-refractivity contribution in [2.45, 2.75) is 129 Å². The summed E-state index contributed by atoms with van der Waals surface area (Å²) >= 11 is 0. The van der Waals surface area contributed by atoms with E-state index in [0.29, 0.717) is 18.4 Å². The van der Waals surface area contributed by atoms with Gasteiger partial charge in [-0.1, -0.05) is 46.5 Å². The van der Waals surface area contributed by atoms with Crippen LogP contribution in [0.1, 0.15) is 91.9 Å². The van der Waals surface area contributed by atoms with Crippen LogP contribution < -0.4 is 11.1 Å². The highest BCUT2D eigenvalue weighted by atomic mass is 16.7. The number of aliphatic hydroxyl groups is 2. The minimum atomic E-state index is -1.06. The van der Waals surface area contributed by atoms with Gasteiger partial charge in [-0.05, 0) is 57.3 Å². The average Bonchev–Trinajstić information content (AvgIpc) is 2.79. The van der Waals surface area contributed by atoms with Gasteiger partial charge in [0, 0.05) is 12.5 Å². The molecule has 2 aliphatic heterocycles. The lowest BCUT2D eigenvalue weighted by atomic mass is 9.85. The number of aliphatic hydroxyl groups excluding tert-OH is 2. The molecule has 2 fully saturated rings. The summed E-state index contributed by atoms with van der Waals surface area (Å²) in [5.74, 6) is 1.23. The zero-order valence-electron chi connectivity index (χ0n) is 20.7. The zero-order valence-corrected chi connectivity index (χ0v) is 20.7. The number of nitrogens with two attached hydrogens (primary N) is 1. The lowest BCUT2D eigenvalue weighted by molar-refractivity contribution is -0.286. The molecule has 2 aliphatic rings. The predicted octanol–water partition coefficient (Wildman–Crippen LogP) is 3.10. The van der Waals surface area contributed by atoms with Gasteiger partial charge >= 0.3 is 0 Å². The minimum Gasteiger partial charge on any atom is -0.389 e. The van der Waals surface area contributed by atoms with Crippen LogP contribution in [0.25, 0.3) is 0 Å². The Morgan fingerprint density at radius 1 is 1.00 bits per heavy atom. The minimum absolute atomic E-state index is 0.0506. The van der Waals surface area contributed by atoms with Gasteiger partial charge < -0.3 is 30.7 Å². The fourth-order valence-electron chi connectivity index (χ4n) is 5.27. The van der Waals surface area contributed by atoms with E-state index in [2.05, 4.69) is 26.1 Å². The molecular formula is C25H48N2O5. The third-order valence-corrected chi connectivity index (χ3v) is 7.77. The van der Waals surface area contributed by atoms with Crippen molar-refractivity contribution in [2.24, 2.45) is 23.5 Å². The molecule has 5 N–H and O–H groups in total. The molecule has 0 radical (unpaired) electrons. The van der Waals surface area contributed by atoms with Gasteiger partial charge in [-0.15, -0.1) is 0 Å². The molecule has 2 saturated heterocycles. The molecule has 1 amide bonds. The van der Waals surface area contributed by atoms with Crippen molar-refractivity contribution in [3.8, 4) is 0 Å². The zero-order chi connectivity index (χ0) is 23.7. The van der Waals surface area contributed by atoms with E-state index in [9.17, 15) is 15.0 Å². The van der Waals surface area contributed by atoms with E-state index in [1.165, 1.54) is 0 Å². The molecule has 2 heterocycles. The van der Waals surface area contributed by atoms with Crippen molar-refractivity contribution in [3.05, 3.63) is 0 Å². The molecule has 7 heteroatoms. The number of hydrogen-bond acceptors (Lipinski definition) is 6. The van der Waals surface area contributed by atoms with Gasteiger partial charge in [0.1, 0.15) is 6.10 Å². The first kappa shape index (κ1) is 27.5. The number of nitrogens with one attached hydrogen (secondary N) is 1. The quantitative estimate of drug-likeness (QED) is 0.505. The second kappa shape index (κ2) is 13.9. The van der Waals surface area contributed by atoms with Gasteiger partial charge in [0.25, 0.3) is 0 Å². The van der Waals surface area contributed by atoms with Crippen molar-refractivity contribution >= 4 is 5.91 Å². The van der Waals surface area contributed by atoms with E-state index in [-0.39, 0.29) is 17.9 Å². The van der Waals surface area contributed by atoms with E-state index < -0.39 is 30.6 Å². The molecule has 4 unspecified atom stereocenters. The lowest BCUT2D eigenvalue weighted by Gasteiger charge is -2.42. The number of carbonyl (C=O) groups is 1. The Morgan fingerprint density at radius 3 is 2.41 bits per heavy atom. The molecule has 188 valence electrons. The van der Waals surface area contributed by atoms with Gasteiger partial charge in [-0.25, -0.2) is 0 Å². The van der Waals surface area contributed by atoms with E-state index in [1.54, 1.807) is 6.92 Å². The first-order chi connectivity index (χ1) is 15.3. The lowest BCUT2D eigenvalue weighted by Crippen LogP contribution is -2.61. The van der Waals surface area contributed by atoms with Crippen LogP contribution in [0.5, 0.6) is 0 Å². The molecule has 7 nitrogen and oxygen atoms in total. The van der Waals surface area contributed by atoms with Crippen LogP contribution in [-0.4, -0.2) is 59.4 Å². The Labute approximate surface area is 194 Å². The molecule has 0 bridgehead atoms. The van der Waals surface area contributed by atoms with Crippen molar-refractivity contribution in [1.29, 1.82) is 0 Å². The fraction of sp³-hybridized carbons (Fsp3) is 0.960. The highest BCUT2D eigenvalue weighted by Crippen LogP contribution is 2.31. The summed E-state index contributed by atoms with van der Waals surface area (Å²) in [6, 6.07) is -0.785. The molecule has 0 aromatic rings. The number of hydrogen-bond donors (Lipinski definition) is 4. The Kier molecular flexibility index (Phi) is 11.9. The Bertz CT molecular complexity index is 548. The summed E-state index contributed by atoms with van der Waals surface area (Å²) in [4.78, 5) is 12.6. The monoisotopic (exact) mass is 456 g/mol. The van der Waals surface area contributed by atoms with Gasteiger partial charge in [0.15, 0.2) is 6.29 Å². The first-order valence-corrected chi connectivity index (χ1v) is 13.0. The number of carbonyl (C=O) groups excluding carboxylic acids is 1. The van der Waals surface area contributed by atoms with Crippen LogP contribution in [-0.2, 0) is 14.3 Å². The molecule has 2 rings (SSSR count). The highest BCUT2D eigenvalue weighted by molar-refractivity contribution is 5.78. The number of amides is 1. The third-order valence-electron chi connectivity index (χ3n) is 7.77. The van der Waals surface area contributed by atoms with Crippen LogP contribution in [0.3, 0.4) is 0 Å². The average molecular weight is 457 g/mol. The maximum Gasteiger partial charge on any atom is 0.223 e. The summed E-state index contributed by atoms with van der Waals surface area (Å²) in [5.41, 5.74) is 6.03. The molecule has 0 aromatic carbocycles. The Balaban J connectivity index is 2.11. The second-order valence-electron chi connectivity index (χ2n) is 9.93. The Hall–Kier alpha value is -0.730. The number of ether oxygens (including phenoxy) is 2. The highest BCUT2D eigenvalue weighted by Gasteiger charge is 2.42. The van der Waals surface area contributed by atoms with E-state index in [1.807, 2.05) is 0 Å². The van der Waals surface area contributed by atoms with Gasteiger partial charge in [-0.2, -0.15) is 0 Å². The Morgan fingerprint density at radius 2 is 1.75 bits per heavy atom. The van der Waals surface area contributed by atoms with Crippen LogP contribution in [0.2, 0.25) is 0 Å². The molecule has 0 aliphatic carbocycles. The van der Waals surface area contributed by atoms with E-state index in [0.717, 1.165) is 64.2 Å². The van der Waals surface area contributed by atoms with E-state index in [4.69, 9.17) is 15.2 Å². The molecule has 32 heavy (non-hydrogen) atoms. The largest absolute Gasteiger partial charge is 0.389 e. The van der Waals surface area contributed by atoms with Crippen molar-refractivity contribution < 1.29 is 24.5 Å². The maximum atomic E-state index is 12.6. The summed E-state index contributed by atoms with van der Waals surface area (Å²) < 4.78 is 12.2. The fourth-order valence-corrected chi connectivity index (χ4v) is 5.27. The maximum absolute atomic E-state index is 12.6. The van der Waals surface area contributed by atoms with Crippen molar-refractivity contribution in [3.63, 3.8) is 0 Å². The first-order valence-electron chi connectivity index (χ1n) is 13.0. The van der Waals surface area contributed by atoms with E-state index >= 15 is 0 Å². The second-order valence-corrected chi connectivity index (χ2v) is 9.93. The van der Waals surface area contributed by atoms with Crippen LogP contribution in [0.4, 0.5) is 0 Å². The summed E-state index contributed by atoms with van der Waals surface area (Å²) in [6.07, 6.45) is 6.63. The van der Waals surface area contributed by atoms with Gasteiger partial charge in [0.2, 0.25) is 5.91 Å². The van der Waals surface area contributed by atoms with Gasteiger partial charge in [0.05, 0.1) is 24.4 Å². The van der Waals surface area contributed by atoms with Gasteiger partial charge in [-0.3, -0.25) is 4.79 Å². The van der Waals surface area contributed by atoms with Crippen molar-refractivity contribution in [1.82, 2.24) is 5.32 Å². The van der Waals surface area contributed by atoms with Crippen LogP contribution in [0, 0.1) is 17.8 Å². The smallest absolute Gasteiger partial charge is 0.223 e. The molecule has 0 aromatic heterocycles. The molecular weight excluding hydrogens is 408 g/mol. The van der Waals surface area contributed by atoms with Crippen LogP contribution in [0.15, 0.2) is 0 Å². The number of rotatable bonds is 5. The SMILES string of the molecule is CCC1CCCC(CC)C(=O)NCCCC(CC)C(O[C@@H]2O[C@@H](C)[C@@H](O)[C@@H](N)[C@H]2O)CC1. The molecule has 0 saturated carbocycles. The summed E-state index contributed by atoms with van der Waals surface area (Å²) in [5, 5.41) is 23.8.